The molecule has 3 heterocycles. The number of nitrogens with zero attached hydrogens (tertiary/aromatic N) is 3. The van der Waals surface area contributed by atoms with E-state index in [-0.39, 0.29) is 10.4 Å². The highest BCUT2D eigenvalue weighted by Crippen LogP contribution is 2.19. The molecular weight excluding hydrogens is 284 g/mol. The standard InChI is InChI=1S/C11H14N4O4S/c1-8-12-13-11(16)10-6-9(7-15(8)10)20(17,18)14-2-4-19-5-3-14/h6-7H,2-5H2,1H3,(H,13,16). The molecule has 2 aromatic heterocycles. The monoisotopic (exact) mass is 298 g/mol. The van der Waals surface area contributed by atoms with Crippen molar-refractivity contribution >= 4 is 15.5 Å². The van der Waals surface area contributed by atoms with Gasteiger partial charge < -0.3 is 4.74 Å². The summed E-state index contributed by atoms with van der Waals surface area (Å²) in [6.07, 6.45) is 1.43. The number of H-pyrrole nitrogens is 1. The zero-order valence-corrected chi connectivity index (χ0v) is 11.7. The summed E-state index contributed by atoms with van der Waals surface area (Å²) in [6.45, 7) is 3.10. The maximum Gasteiger partial charge on any atom is 0.288 e. The van der Waals surface area contributed by atoms with Crippen molar-refractivity contribution in [2.24, 2.45) is 0 Å². The smallest absolute Gasteiger partial charge is 0.288 e. The third kappa shape index (κ3) is 2.03. The minimum Gasteiger partial charge on any atom is -0.379 e. The van der Waals surface area contributed by atoms with Gasteiger partial charge in [0.15, 0.2) is 0 Å². The molecule has 0 bridgehead atoms. The number of rotatable bonds is 2. The summed E-state index contributed by atoms with van der Waals surface area (Å²) in [7, 11) is -3.61. The molecule has 108 valence electrons. The van der Waals surface area contributed by atoms with Gasteiger partial charge in [-0.2, -0.15) is 9.40 Å². The number of hydrogen-bond donors (Lipinski definition) is 1. The molecule has 8 nitrogen and oxygen atoms in total. The second-order valence-corrected chi connectivity index (χ2v) is 6.49. The molecule has 1 saturated heterocycles. The van der Waals surface area contributed by atoms with Crippen LogP contribution in [0.3, 0.4) is 0 Å². The second-order valence-electron chi connectivity index (χ2n) is 4.55. The van der Waals surface area contributed by atoms with E-state index >= 15 is 0 Å². The van der Waals surface area contributed by atoms with Gasteiger partial charge in [0, 0.05) is 19.3 Å². The van der Waals surface area contributed by atoms with Crippen LogP contribution in [0.2, 0.25) is 0 Å². The summed E-state index contributed by atoms with van der Waals surface area (Å²) < 4.78 is 33.0. The first-order chi connectivity index (χ1) is 9.50. The van der Waals surface area contributed by atoms with Crippen molar-refractivity contribution in [1.82, 2.24) is 18.9 Å². The zero-order valence-electron chi connectivity index (χ0n) is 10.9. The Morgan fingerprint density at radius 1 is 1.35 bits per heavy atom. The number of sulfonamides is 1. The van der Waals surface area contributed by atoms with Crippen LogP contribution < -0.4 is 5.56 Å². The highest BCUT2D eigenvalue weighted by molar-refractivity contribution is 7.89. The average molecular weight is 298 g/mol. The fourth-order valence-electron chi connectivity index (χ4n) is 2.20. The molecule has 0 aromatic carbocycles. The Hall–Kier alpha value is -1.71. The Bertz CT molecular complexity index is 801. The lowest BCUT2D eigenvalue weighted by atomic mass is 10.5. The van der Waals surface area contributed by atoms with Crippen molar-refractivity contribution in [1.29, 1.82) is 0 Å². The number of hydrogen-bond acceptors (Lipinski definition) is 5. The molecule has 0 spiro atoms. The number of aromatic nitrogens is 3. The van der Waals surface area contributed by atoms with Crippen LogP contribution in [0.1, 0.15) is 5.82 Å². The molecule has 0 amide bonds. The van der Waals surface area contributed by atoms with Crippen LogP contribution in [0.5, 0.6) is 0 Å². The summed E-state index contributed by atoms with van der Waals surface area (Å²) in [4.78, 5) is 11.8. The van der Waals surface area contributed by atoms with Gasteiger partial charge in [-0.05, 0) is 13.0 Å². The van der Waals surface area contributed by atoms with Crippen LogP contribution >= 0.6 is 0 Å². The number of ether oxygens (including phenoxy) is 1. The van der Waals surface area contributed by atoms with Crippen LogP contribution in [-0.4, -0.2) is 53.6 Å². The number of fused-ring (bicyclic) bond motifs is 1. The highest BCUT2D eigenvalue weighted by atomic mass is 32.2. The molecule has 0 atom stereocenters. The molecule has 0 radical (unpaired) electrons. The molecular formula is C11H14N4O4S. The third-order valence-corrected chi connectivity index (χ3v) is 5.17. The van der Waals surface area contributed by atoms with Crippen LogP contribution in [0.4, 0.5) is 0 Å². The van der Waals surface area contributed by atoms with Gasteiger partial charge in [0.05, 0.1) is 13.2 Å². The van der Waals surface area contributed by atoms with Crippen molar-refractivity contribution in [2.75, 3.05) is 26.3 Å². The summed E-state index contributed by atoms with van der Waals surface area (Å²) >= 11 is 0. The van der Waals surface area contributed by atoms with Crippen LogP contribution in [0.15, 0.2) is 22.0 Å². The van der Waals surface area contributed by atoms with E-state index in [1.807, 2.05) is 0 Å². The van der Waals surface area contributed by atoms with Gasteiger partial charge in [-0.1, -0.05) is 0 Å². The summed E-state index contributed by atoms with van der Waals surface area (Å²) in [5.74, 6) is 0.517. The Kier molecular flexibility index (Phi) is 3.11. The lowest BCUT2D eigenvalue weighted by Crippen LogP contribution is -2.40. The third-order valence-electron chi connectivity index (χ3n) is 3.30. The highest BCUT2D eigenvalue weighted by Gasteiger charge is 2.28. The van der Waals surface area contributed by atoms with Gasteiger partial charge in [0.1, 0.15) is 16.2 Å². The predicted octanol–water partition coefficient (Wildman–Crippen LogP) is -0.648. The summed E-state index contributed by atoms with van der Waals surface area (Å²) in [5.41, 5.74) is -0.150. The van der Waals surface area contributed by atoms with Crippen LogP contribution in [0, 0.1) is 6.92 Å². The van der Waals surface area contributed by atoms with Gasteiger partial charge in [-0.15, -0.1) is 0 Å². The van der Waals surface area contributed by atoms with Gasteiger partial charge in [0.2, 0.25) is 10.0 Å². The molecule has 1 fully saturated rings. The van der Waals surface area contributed by atoms with Crippen LogP contribution in [0.25, 0.3) is 5.52 Å². The zero-order chi connectivity index (χ0) is 14.3. The molecule has 3 rings (SSSR count). The first kappa shape index (κ1) is 13.3. The lowest BCUT2D eigenvalue weighted by Gasteiger charge is -2.25. The van der Waals surface area contributed by atoms with E-state index in [2.05, 4.69) is 10.2 Å². The van der Waals surface area contributed by atoms with Crippen molar-refractivity contribution in [3.8, 4) is 0 Å². The summed E-state index contributed by atoms with van der Waals surface area (Å²) in [5, 5.41) is 6.14. The minimum atomic E-state index is -3.61. The van der Waals surface area contributed by atoms with E-state index < -0.39 is 15.6 Å². The maximum atomic E-state index is 12.5. The minimum absolute atomic E-state index is 0.0981. The molecule has 0 unspecified atom stereocenters. The maximum absolute atomic E-state index is 12.5. The summed E-state index contributed by atoms with van der Waals surface area (Å²) in [6, 6.07) is 1.37. The topological polar surface area (TPSA) is 96.8 Å². The molecule has 2 aromatic rings. The fraction of sp³-hybridized carbons (Fsp3) is 0.455. The first-order valence-electron chi connectivity index (χ1n) is 6.15. The molecule has 0 saturated carbocycles. The lowest BCUT2D eigenvalue weighted by molar-refractivity contribution is 0.0730. The Labute approximate surface area is 115 Å². The molecule has 9 heteroatoms. The molecule has 0 aliphatic carbocycles. The molecule has 1 N–H and O–H groups in total. The largest absolute Gasteiger partial charge is 0.379 e. The van der Waals surface area contributed by atoms with Crippen LogP contribution in [-0.2, 0) is 14.8 Å². The van der Waals surface area contributed by atoms with Crippen molar-refractivity contribution in [3.05, 3.63) is 28.4 Å². The van der Waals surface area contributed by atoms with Crippen molar-refractivity contribution < 1.29 is 13.2 Å². The average Bonchev–Trinajstić information content (AvgIpc) is 2.91. The Balaban J connectivity index is 2.12. The van der Waals surface area contributed by atoms with E-state index in [4.69, 9.17) is 4.74 Å². The predicted molar refractivity (Wildman–Crippen MR) is 70.1 cm³/mol. The first-order valence-corrected chi connectivity index (χ1v) is 7.59. The number of nitrogens with one attached hydrogen (secondary N) is 1. The molecule has 20 heavy (non-hydrogen) atoms. The Morgan fingerprint density at radius 3 is 2.70 bits per heavy atom. The van der Waals surface area contributed by atoms with E-state index in [9.17, 15) is 13.2 Å². The van der Waals surface area contributed by atoms with E-state index in [1.165, 1.54) is 21.0 Å². The van der Waals surface area contributed by atoms with Crippen molar-refractivity contribution in [3.63, 3.8) is 0 Å². The van der Waals surface area contributed by atoms with Gasteiger partial charge >= 0.3 is 0 Å². The normalized spacial score (nSPS) is 17.6. The fourth-order valence-corrected chi connectivity index (χ4v) is 3.63. The number of aryl methyl sites for hydroxylation is 1. The van der Waals surface area contributed by atoms with Gasteiger partial charge in [-0.3, -0.25) is 9.20 Å². The van der Waals surface area contributed by atoms with E-state index in [1.54, 1.807) is 6.92 Å². The quantitative estimate of drug-likeness (QED) is 0.795. The number of aromatic amines is 1. The van der Waals surface area contributed by atoms with Crippen molar-refractivity contribution in [2.45, 2.75) is 11.8 Å². The molecule has 1 aliphatic rings. The molecule has 1 aliphatic heterocycles. The van der Waals surface area contributed by atoms with Gasteiger partial charge in [-0.25, -0.2) is 13.5 Å². The van der Waals surface area contributed by atoms with Gasteiger partial charge in [0.25, 0.3) is 5.56 Å². The Morgan fingerprint density at radius 2 is 2.05 bits per heavy atom. The van der Waals surface area contributed by atoms with E-state index in [0.717, 1.165) is 0 Å². The number of morpholine rings is 1. The second kappa shape index (κ2) is 4.69. The van der Waals surface area contributed by atoms with E-state index in [0.29, 0.717) is 32.1 Å². The SMILES string of the molecule is Cc1n[nH]c(=O)c2cc(S(=O)(=O)N3CCOCC3)cn12.